The third kappa shape index (κ3) is 3.30. The number of aryl methyl sites for hydroxylation is 1. The highest BCUT2D eigenvalue weighted by Gasteiger charge is 2.37. The maximum Gasteiger partial charge on any atom is 0.0630 e. The van der Waals surface area contributed by atoms with Crippen LogP contribution >= 0.6 is 0 Å². The molecule has 1 fully saturated rings. The molecular weight excluding hydrogens is 214 g/mol. The van der Waals surface area contributed by atoms with Gasteiger partial charge in [0.05, 0.1) is 12.3 Å². The predicted octanol–water partition coefficient (Wildman–Crippen LogP) is 1.37. The average Bonchev–Trinajstić information content (AvgIpc) is 2.66. The summed E-state index contributed by atoms with van der Waals surface area (Å²) in [5.74, 6) is 0. The fraction of sp³-hybridized carbons (Fsp3) is 0.769. The molecule has 2 rings (SSSR count). The molecule has 1 aliphatic carbocycles. The molecule has 0 saturated heterocycles. The molecule has 0 bridgehead atoms. The quantitative estimate of drug-likeness (QED) is 0.728. The summed E-state index contributed by atoms with van der Waals surface area (Å²) >= 11 is 0. The van der Waals surface area contributed by atoms with Crippen LogP contribution < -0.4 is 5.32 Å². The van der Waals surface area contributed by atoms with Crippen LogP contribution in [0.1, 0.15) is 25.0 Å². The van der Waals surface area contributed by atoms with E-state index in [-0.39, 0.29) is 0 Å². The second-order valence-electron chi connectivity index (χ2n) is 5.18. The SMILES string of the molecule is COCCNCC1(Cc2ccn(C)n2)CCC1. The van der Waals surface area contributed by atoms with Crippen molar-refractivity contribution < 1.29 is 4.74 Å². The van der Waals surface area contributed by atoms with E-state index in [1.165, 1.54) is 25.0 Å². The first-order valence-corrected chi connectivity index (χ1v) is 6.42. The molecule has 0 radical (unpaired) electrons. The first kappa shape index (κ1) is 12.6. The highest BCUT2D eigenvalue weighted by atomic mass is 16.5. The van der Waals surface area contributed by atoms with Gasteiger partial charge in [-0.3, -0.25) is 4.68 Å². The van der Waals surface area contributed by atoms with Crippen molar-refractivity contribution in [3.63, 3.8) is 0 Å². The molecule has 0 unspecified atom stereocenters. The molecule has 1 aromatic rings. The van der Waals surface area contributed by atoms with Crippen LogP contribution in [0.15, 0.2) is 12.3 Å². The Morgan fingerprint density at radius 1 is 1.53 bits per heavy atom. The summed E-state index contributed by atoms with van der Waals surface area (Å²) in [6, 6.07) is 2.13. The lowest BCUT2D eigenvalue weighted by atomic mass is 9.66. The molecule has 0 amide bonds. The van der Waals surface area contributed by atoms with Crippen LogP contribution in [0, 0.1) is 5.41 Å². The number of methoxy groups -OCH3 is 1. The number of hydrogen-bond donors (Lipinski definition) is 1. The van der Waals surface area contributed by atoms with Gasteiger partial charge in [0.2, 0.25) is 0 Å². The second kappa shape index (κ2) is 5.65. The summed E-state index contributed by atoms with van der Waals surface area (Å²) in [6.45, 7) is 2.83. The number of nitrogens with one attached hydrogen (secondary N) is 1. The fourth-order valence-corrected chi connectivity index (χ4v) is 2.56. The van der Waals surface area contributed by atoms with Gasteiger partial charge in [-0.15, -0.1) is 0 Å². The Labute approximate surface area is 103 Å². The van der Waals surface area contributed by atoms with Crippen LogP contribution in [0.25, 0.3) is 0 Å². The smallest absolute Gasteiger partial charge is 0.0630 e. The fourth-order valence-electron chi connectivity index (χ4n) is 2.56. The highest BCUT2D eigenvalue weighted by molar-refractivity contribution is 5.06. The summed E-state index contributed by atoms with van der Waals surface area (Å²) in [5.41, 5.74) is 1.67. The van der Waals surface area contributed by atoms with Crippen molar-refractivity contribution in [3.05, 3.63) is 18.0 Å². The van der Waals surface area contributed by atoms with Gasteiger partial charge >= 0.3 is 0 Å². The second-order valence-corrected chi connectivity index (χ2v) is 5.18. The lowest BCUT2D eigenvalue weighted by molar-refractivity contribution is 0.121. The molecule has 1 heterocycles. The summed E-state index contributed by atoms with van der Waals surface area (Å²) < 4.78 is 6.94. The molecule has 0 spiro atoms. The average molecular weight is 237 g/mol. The summed E-state index contributed by atoms with van der Waals surface area (Å²) in [5, 5.41) is 7.98. The van der Waals surface area contributed by atoms with Gasteiger partial charge in [0, 0.05) is 33.4 Å². The van der Waals surface area contributed by atoms with E-state index in [1.807, 2.05) is 17.9 Å². The number of hydrogen-bond acceptors (Lipinski definition) is 3. The maximum absolute atomic E-state index is 5.05. The minimum absolute atomic E-state index is 0.447. The Hall–Kier alpha value is -0.870. The Kier molecular flexibility index (Phi) is 4.18. The molecule has 1 saturated carbocycles. The van der Waals surface area contributed by atoms with E-state index in [2.05, 4.69) is 16.5 Å². The van der Waals surface area contributed by atoms with Gasteiger partial charge in [-0.2, -0.15) is 5.10 Å². The van der Waals surface area contributed by atoms with Crippen molar-refractivity contribution in [3.8, 4) is 0 Å². The van der Waals surface area contributed by atoms with Crippen molar-refractivity contribution in [2.24, 2.45) is 12.5 Å². The first-order chi connectivity index (χ1) is 8.24. The molecule has 17 heavy (non-hydrogen) atoms. The van der Waals surface area contributed by atoms with E-state index in [0.717, 1.165) is 26.1 Å². The number of ether oxygens (including phenoxy) is 1. The minimum Gasteiger partial charge on any atom is -0.383 e. The van der Waals surface area contributed by atoms with Gasteiger partial charge < -0.3 is 10.1 Å². The van der Waals surface area contributed by atoms with Crippen LogP contribution in [0.3, 0.4) is 0 Å². The Bertz CT molecular complexity index is 344. The first-order valence-electron chi connectivity index (χ1n) is 6.42. The lowest BCUT2D eigenvalue weighted by Crippen LogP contribution is -2.42. The molecule has 0 atom stereocenters. The summed E-state index contributed by atoms with van der Waals surface area (Å²) in [4.78, 5) is 0. The molecule has 1 N–H and O–H groups in total. The van der Waals surface area contributed by atoms with Gasteiger partial charge in [0.25, 0.3) is 0 Å². The molecule has 1 aliphatic rings. The monoisotopic (exact) mass is 237 g/mol. The zero-order valence-corrected chi connectivity index (χ0v) is 10.9. The molecule has 4 heteroatoms. The number of rotatable bonds is 7. The van der Waals surface area contributed by atoms with Crippen molar-refractivity contribution in [2.75, 3.05) is 26.8 Å². The Balaban J connectivity index is 1.82. The minimum atomic E-state index is 0.447. The van der Waals surface area contributed by atoms with Crippen molar-refractivity contribution >= 4 is 0 Å². The van der Waals surface area contributed by atoms with E-state index in [9.17, 15) is 0 Å². The van der Waals surface area contributed by atoms with E-state index in [0.29, 0.717) is 5.41 Å². The summed E-state index contributed by atoms with van der Waals surface area (Å²) in [7, 11) is 3.72. The van der Waals surface area contributed by atoms with E-state index >= 15 is 0 Å². The Morgan fingerprint density at radius 3 is 2.88 bits per heavy atom. The van der Waals surface area contributed by atoms with Crippen LogP contribution in [-0.2, 0) is 18.2 Å². The molecule has 0 aromatic carbocycles. The van der Waals surface area contributed by atoms with E-state index < -0.39 is 0 Å². The largest absolute Gasteiger partial charge is 0.383 e. The standard InChI is InChI=1S/C13H23N3O/c1-16-8-4-12(15-16)10-13(5-3-6-13)11-14-7-9-17-2/h4,8,14H,3,5-7,9-11H2,1-2H3. The number of aromatic nitrogens is 2. The van der Waals surface area contributed by atoms with Gasteiger partial charge in [0.15, 0.2) is 0 Å². The third-order valence-corrected chi connectivity index (χ3v) is 3.72. The van der Waals surface area contributed by atoms with E-state index in [1.54, 1.807) is 7.11 Å². The van der Waals surface area contributed by atoms with Gasteiger partial charge in [0.1, 0.15) is 0 Å². The molecule has 1 aromatic heterocycles. The lowest BCUT2D eigenvalue weighted by Gasteiger charge is -2.42. The molecule has 96 valence electrons. The van der Waals surface area contributed by atoms with Gasteiger partial charge in [-0.1, -0.05) is 6.42 Å². The van der Waals surface area contributed by atoms with Crippen molar-refractivity contribution in [1.82, 2.24) is 15.1 Å². The Morgan fingerprint density at radius 2 is 2.35 bits per heavy atom. The maximum atomic E-state index is 5.05. The van der Waals surface area contributed by atoms with Crippen LogP contribution in [0.5, 0.6) is 0 Å². The van der Waals surface area contributed by atoms with Gasteiger partial charge in [-0.25, -0.2) is 0 Å². The van der Waals surface area contributed by atoms with Crippen LogP contribution in [0.2, 0.25) is 0 Å². The van der Waals surface area contributed by atoms with Crippen molar-refractivity contribution in [2.45, 2.75) is 25.7 Å². The van der Waals surface area contributed by atoms with Crippen LogP contribution in [0.4, 0.5) is 0 Å². The van der Waals surface area contributed by atoms with E-state index in [4.69, 9.17) is 4.74 Å². The molecule has 0 aliphatic heterocycles. The number of nitrogens with zero attached hydrogens (tertiary/aromatic N) is 2. The molecule has 4 nitrogen and oxygen atoms in total. The van der Waals surface area contributed by atoms with Gasteiger partial charge in [-0.05, 0) is 30.7 Å². The topological polar surface area (TPSA) is 39.1 Å². The predicted molar refractivity (Wildman–Crippen MR) is 67.9 cm³/mol. The van der Waals surface area contributed by atoms with Crippen molar-refractivity contribution in [1.29, 1.82) is 0 Å². The zero-order chi connectivity index (χ0) is 12.1. The molecular formula is C13H23N3O. The summed E-state index contributed by atoms with van der Waals surface area (Å²) in [6.07, 6.45) is 7.14. The zero-order valence-electron chi connectivity index (χ0n) is 10.9. The van der Waals surface area contributed by atoms with Crippen LogP contribution in [-0.4, -0.2) is 36.6 Å². The third-order valence-electron chi connectivity index (χ3n) is 3.72. The normalized spacial score (nSPS) is 18.0. The highest BCUT2D eigenvalue weighted by Crippen LogP contribution is 2.42.